The van der Waals surface area contributed by atoms with Crippen LogP contribution in [0.25, 0.3) is 0 Å². The van der Waals surface area contributed by atoms with Crippen molar-refractivity contribution in [3.05, 3.63) is 58.6 Å². The second-order valence-electron chi connectivity index (χ2n) is 8.06. The Labute approximate surface area is 154 Å². The largest absolute Gasteiger partial charge is 0.476 e. The van der Waals surface area contributed by atoms with Crippen molar-refractivity contribution >= 4 is 23.2 Å². The lowest BCUT2D eigenvalue weighted by Gasteiger charge is -2.39. The Morgan fingerprint density at radius 1 is 1.08 bits per heavy atom. The molecule has 0 saturated heterocycles. The van der Waals surface area contributed by atoms with Crippen LogP contribution >= 0.6 is 11.6 Å². The molecule has 4 heteroatoms. The van der Waals surface area contributed by atoms with Crippen molar-refractivity contribution in [3.63, 3.8) is 0 Å². The Morgan fingerprint density at radius 3 is 2.32 bits per heavy atom. The lowest BCUT2D eigenvalue weighted by Crippen LogP contribution is -2.52. The van der Waals surface area contributed by atoms with E-state index < -0.39 is 5.60 Å². The van der Waals surface area contributed by atoms with E-state index in [9.17, 15) is 4.79 Å². The normalized spacial score (nSPS) is 16.4. The maximum atomic E-state index is 12.9. The van der Waals surface area contributed by atoms with Gasteiger partial charge >= 0.3 is 0 Å². The Balaban J connectivity index is 1.96. The summed E-state index contributed by atoms with van der Waals surface area (Å²) in [6, 6.07) is 13.8. The molecule has 1 aliphatic heterocycles. The molecule has 0 bridgehead atoms. The van der Waals surface area contributed by atoms with E-state index in [4.69, 9.17) is 16.3 Å². The summed E-state index contributed by atoms with van der Waals surface area (Å²) in [6.07, 6.45) is 0. The molecule has 0 radical (unpaired) electrons. The zero-order chi connectivity index (χ0) is 18.4. The van der Waals surface area contributed by atoms with Gasteiger partial charge in [-0.25, -0.2) is 0 Å². The van der Waals surface area contributed by atoms with Crippen LogP contribution in [0.2, 0.25) is 5.02 Å². The minimum Gasteiger partial charge on any atom is -0.476 e. The van der Waals surface area contributed by atoms with Gasteiger partial charge in [-0.1, -0.05) is 56.6 Å². The molecule has 132 valence electrons. The Kier molecular flexibility index (Phi) is 4.32. The van der Waals surface area contributed by atoms with Crippen LogP contribution < -0.4 is 9.64 Å². The summed E-state index contributed by atoms with van der Waals surface area (Å²) >= 11 is 6.14. The molecule has 1 aliphatic rings. The van der Waals surface area contributed by atoms with Crippen molar-refractivity contribution < 1.29 is 9.53 Å². The highest BCUT2D eigenvalue weighted by Gasteiger charge is 2.40. The second kappa shape index (κ2) is 6.06. The third-order valence-corrected chi connectivity index (χ3v) is 4.73. The highest BCUT2D eigenvalue weighted by atomic mass is 35.5. The van der Waals surface area contributed by atoms with Crippen LogP contribution in [0, 0.1) is 0 Å². The molecule has 25 heavy (non-hydrogen) atoms. The maximum absolute atomic E-state index is 12.9. The standard InChI is InChI=1S/C21H24ClNO2/c1-20(2,3)15-8-6-14(7-9-15)13-23-17-12-16(22)10-11-18(17)25-21(4,5)19(23)24/h6-12H,13H2,1-5H3. The smallest absolute Gasteiger partial charge is 0.271 e. The van der Waals surface area contributed by atoms with E-state index in [-0.39, 0.29) is 11.3 Å². The predicted octanol–water partition coefficient (Wildman–Crippen LogP) is 5.34. The van der Waals surface area contributed by atoms with E-state index in [0.717, 1.165) is 11.3 Å². The van der Waals surface area contributed by atoms with Gasteiger partial charge < -0.3 is 9.64 Å². The molecule has 3 rings (SSSR count). The van der Waals surface area contributed by atoms with Crippen molar-refractivity contribution in [3.8, 4) is 5.75 Å². The van der Waals surface area contributed by atoms with Crippen molar-refractivity contribution in [1.82, 2.24) is 0 Å². The van der Waals surface area contributed by atoms with Crippen LogP contribution in [-0.4, -0.2) is 11.5 Å². The number of benzene rings is 2. The number of rotatable bonds is 2. The minimum absolute atomic E-state index is 0.0674. The summed E-state index contributed by atoms with van der Waals surface area (Å²) in [5.74, 6) is 0.613. The number of nitrogens with zero attached hydrogens (tertiary/aromatic N) is 1. The molecule has 2 aromatic carbocycles. The number of carbonyl (C=O) groups excluding carboxylic acids is 1. The third-order valence-electron chi connectivity index (χ3n) is 4.50. The van der Waals surface area contributed by atoms with Crippen molar-refractivity contribution in [2.75, 3.05) is 4.90 Å². The van der Waals surface area contributed by atoms with Crippen LogP contribution in [0.5, 0.6) is 5.75 Å². The molecule has 1 amide bonds. The van der Waals surface area contributed by atoms with Gasteiger partial charge in [0.05, 0.1) is 12.2 Å². The monoisotopic (exact) mass is 357 g/mol. The van der Waals surface area contributed by atoms with E-state index in [0.29, 0.717) is 17.3 Å². The van der Waals surface area contributed by atoms with Gasteiger partial charge in [0, 0.05) is 5.02 Å². The molecular weight excluding hydrogens is 334 g/mol. The molecular formula is C21H24ClNO2. The highest BCUT2D eigenvalue weighted by molar-refractivity contribution is 6.31. The van der Waals surface area contributed by atoms with Crippen LogP contribution in [0.15, 0.2) is 42.5 Å². The number of ether oxygens (including phenoxy) is 1. The molecule has 0 N–H and O–H groups in total. The Hall–Kier alpha value is -2.00. The average Bonchev–Trinajstić information content (AvgIpc) is 2.52. The van der Waals surface area contributed by atoms with E-state index in [2.05, 4.69) is 45.0 Å². The molecule has 1 heterocycles. The number of anilines is 1. The van der Waals surface area contributed by atoms with E-state index >= 15 is 0 Å². The Bertz CT molecular complexity index is 804. The molecule has 0 fully saturated rings. The van der Waals surface area contributed by atoms with Gasteiger partial charge in [-0.3, -0.25) is 4.79 Å². The second-order valence-corrected chi connectivity index (χ2v) is 8.50. The number of hydrogen-bond donors (Lipinski definition) is 0. The van der Waals surface area contributed by atoms with Gasteiger partial charge in [0.2, 0.25) is 0 Å². The van der Waals surface area contributed by atoms with Gasteiger partial charge in [0.25, 0.3) is 5.91 Å². The molecule has 0 unspecified atom stereocenters. The van der Waals surface area contributed by atoms with Crippen LogP contribution in [-0.2, 0) is 16.8 Å². The first-order valence-corrected chi connectivity index (χ1v) is 8.86. The van der Waals surface area contributed by atoms with Crippen LogP contribution in [0.4, 0.5) is 5.69 Å². The lowest BCUT2D eigenvalue weighted by molar-refractivity contribution is -0.132. The molecule has 2 aromatic rings. The van der Waals surface area contributed by atoms with Crippen LogP contribution in [0.1, 0.15) is 45.7 Å². The van der Waals surface area contributed by atoms with Gasteiger partial charge in [-0.15, -0.1) is 0 Å². The van der Waals surface area contributed by atoms with Crippen molar-refractivity contribution in [2.45, 2.75) is 52.2 Å². The predicted molar refractivity (Wildman–Crippen MR) is 102 cm³/mol. The first-order chi connectivity index (χ1) is 11.6. The fourth-order valence-electron chi connectivity index (χ4n) is 2.99. The lowest BCUT2D eigenvalue weighted by atomic mass is 9.86. The van der Waals surface area contributed by atoms with Gasteiger partial charge in [-0.2, -0.15) is 0 Å². The summed E-state index contributed by atoms with van der Waals surface area (Å²) in [5.41, 5.74) is 2.27. The molecule has 0 saturated carbocycles. The zero-order valence-electron chi connectivity index (χ0n) is 15.4. The zero-order valence-corrected chi connectivity index (χ0v) is 16.1. The molecule has 0 aromatic heterocycles. The average molecular weight is 358 g/mol. The first kappa shape index (κ1) is 17.8. The topological polar surface area (TPSA) is 29.5 Å². The minimum atomic E-state index is -0.897. The van der Waals surface area contributed by atoms with E-state index in [1.807, 2.05) is 6.07 Å². The van der Waals surface area contributed by atoms with Gasteiger partial charge in [0.1, 0.15) is 5.75 Å². The fraction of sp³-hybridized carbons (Fsp3) is 0.381. The van der Waals surface area contributed by atoms with E-state index in [1.165, 1.54) is 5.56 Å². The van der Waals surface area contributed by atoms with Gasteiger partial charge in [-0.05, 0) is 48.6 Å². The Morgan fingerprint density at radius 2 is 1.72 bits per heavy atom. The third kappa shape index (κ3) is 3.52. The van der Waals surface area contributed by atoms with Crippen molar-refractivity contribution in [2.24, 2.45) is 0 Å². The maximum Gasteiger partial charge on any atom is 0.271 e. The first-order valence-electron chi connectivity index (χ1n) is 8.48. The van der Waals surface area contributed by atoms with Gasteiger partial charge in [0.15, 0.2) is 5.60 Å². The quantitative estimate of drug-likeness (QED) is 0.725. The molecule has 0 aliphatic carbocycles. The number of amides is 1. The van der Waals surface area contributed by atoms with Crippen molar-refractivity contribution in [1.29, 1.82) is 0 Å². The summed E-state index contributed by atoms with van der Waals surface area (Å²) in [7, 11) is 0. The summed E-state index contributed by atoms with van der Waals surface area (Å²) in [4.78, 5) is 14.7. The van der Waals surface area contributed by atoms with Crippen LogP contribution in [0.3, 0.4) is 0 Å². The van der Waals surface area contributed by atoms with E-state index in [1.54, 1.807) is 30.9 Å². The summed E-state index contributed by atoms with van der Waals surface area (Å²) in [5, 5.41) is 0.586. The summed E-state index contributed by atoms with van der Waals surface area (Å²) in [6.45, 7) is 10.6. The highest BCUT2D eigenvalue weighted by Crippen LogP contribution is 2.40. The molecule has 3 nitrogen and oxygen atoms in total. The number of halogens is 1. The summed E-state index contributed by atoms with van der Waals surface area (Å²) < 4.78 is 5.87. The molecule has 0 atom stereocenters. The molecule has 0 spiro atoms. The fourth-order valence-corrected chi connectivity index (χ4v) is 3.16. The number of hydrogen-bond acceptors (Lipinski definition) is 2. The number of fused-ring (bicyclic) bond motifs is 1. The number of carbonyl (C=O) groups is 1. The SMILES string of the molecule is CC1(C)Oc2ccc(Cl)cc2N(Cc2ccc(C(C)(C)C)cc2)C1=O.